The number of benzene rings is 1. The Hall–Kier alpha value is -2.87. The van der Waals surface area contributed by atoms with Gasteiger partial charge in [-0.3, -0.25) is 15.1 Å². The Bertz CT molecular complexity index is 647. The van der Waals surface area contributed by atoms with E-state index >= 15 is 0 Å². The third-order valence-electron chi connectivity index (χ3n) is 3.20. The molecule has 0 spiro atoms. The highest BCUT2D eigenvalue weighted by atomic mass is 32.1. The number of nitrogens with one attached hydrogen (secondary N) is 3. The Balaban J connectivity index is 1.88. The summed E-state index contributed by atoms with van der Waals surface area (Å²) < 4.78 is 0. The Kier molecular flexibility index (Phi) is 6.32. The summed E-state index contributed by atoms with van der Waals surface area (Å²) in [6, 6.07) is 9.18. The minimum atomic E-state index is -0.417. The third-order valence-corrected chi connectivity index (χ3v) is 3.45. The lowest BCUT2D eigenvalue weighted by molar-refractivity contribution is -0.128. The van der Waals surface area contributed by atoms with Crippen LogP contribution in [0, 0.1) is 0 Å². The summed E-state index contributed by atoms with van der Waals surface area (Å²) in [7, 11) is 0. The molecule has 0 aromatic heterocycles. The number of hydrogen-bond acceptors (Lipinski definition) is 3. The normalized spacial score (nSPS) is 13.4. The summed E-state index contributed by atoms with van der Waals surface area (Å²) in [6.07, 6.45) is 4.46. The third kappa shape index (κ3) is 5.10. The summed E-state index contributed by atoms with van der Waals surface area (Å²) in [5.74, 6) is -0.140. The van der Waals surface area contributed by atoms with Gasteiger partial charge in [0.1, 0.15) is 6.67 Å². The van der Waals surface area contributed by atoms with E-state index in [1.54, 1.807) is 11.0 Å². The van der Waals surface area contributed by atoms with Crippen molar-refractivity contribution in [2.75, 3.05) is 13.2 Å². The first-order chi connectivity index (χ1) is 11.6. The lowest BCUT2D eigenvalue weighted by Gasteiger charge is -2.31. The first kappa shape index (κ1) is 17.5. The largest absolute Gasteiger partial charge is 0.358 e. The number of hydrazine groups is 1. The van der Waals surface area contributed by atoms with Crippen LogP contribution in [0.5, 0.6) is 0 Å². The maximum absolute atomic E-state index is 12.1. The molecule has 1 aliphatic rings. The highest BCUT2D eigenvalue weighted by Gasteiger charge is 2.22. The minimum absolute atomic E-state index is 0.140. The molecule has 0 unspecified atom stereocenters. The van der Waals surface area contributed by atoms with Gasteiger partial charge in [0.2, 0.25) is 5.91 Å². The molecule has 0 atom stereocenters. The van der Waals surface area contributed by atoms with E-state index < -0.39 is 6.03 Å². The molecule has 1 aromatic carbocycles. The number of urea groups is 1. The van der Waals surface area contributed by atoms with E-state index in [0.717, 1.165) is 5.56 Å². The van der Waals surface area contributed by atoms with Gasteiger partial charge in [0.05, 0.1) is 0 Å². The number of amides is 3. The van der Waals surface area contributed by atoms with Crippen molar-refractivity contribution in [2.24, 2.45) is 0 Å². The van der Waals surface area contributed by atoms with Gasteiger partial charge in [0.25, 0.3) is 0 Å². The van der Waals surface area contributed by atoms with Crippen molar-refractivity contribution in [1.82, 2.24) is 26.0 Å². The Morgan fingerprint density at radius 1 is 1.29 bits per heavy atom. The van der Waals surface area contributed by atoms with Gasteiger partial charge in [0.15, 0.2) is 5.11 Å². The SMILES string of the molecule is C=CCNC(=S)NNC(=O)N1C=CC(=O)N(Cc2ccccc2)C1. The summed E-state index contributed by atoms with van der Waals surface area (Å²) in [6.45, 7) is 4.64. The lowest BCUT2D eigenvalue weighted by Crippen LogP contribution is -2.53. The van der Waals surface area contributed by atoms with Gasteiger partial charge in [0, 0.05) is 25.4 Å². The number of hydrogen-bond donors (Lipinski definition) is 3. The number of nitrogens with zero attached hydrogens (tertiary/aromatic N) is 2. The monoisotopic (exact) mass is 345 g/mol. The molecule has 2 rings (SSSR count). The maximum Gasteiger partial charge on any atom is 0.341 e. The smallest absolute Gasteiger partial charge is 0.341 e. The highest BCUT2D eigenvalue weighted by molar-refractivity contribution is 7.80. The summed E-state index contributed by atoms with van der Waals surface area (Å²) >= 11 is 4.98. The molecule has 0 aliphatic carbocycles. The van der Waals surface area contributed by atoms with Crippen LogP contribution < -0.4 is 16.2 Å². The van der Waals surface area contributed by atoms with Crippen molar-refractivity contribution in [2.45, 2.75) is 6.54 Å². The standard InChI is InChI=1S/C16H19N5O2S/c1-2-9-17-15(24)18-19-16(23)20-10-8-14(22)21(12-20)11-13-6-4-3-5-7-13/h2-8,10H,1,9,11-12H2,(H,19,23)(H2,17,18,24). The zero-order valence-corrected chi connectivity index (χ0v) is 13.9. The van der Waals surface area contributed by atoms with Gasteiger partial charge in [-0.05, 0) is 17.8 Å². The van der Waals surface area contributed by atoms with E-state index in [1.807, 2.05) is 30.3 Å². The second-order valence-corrected chi connectivity index (χ2v) is 5.41. The molecule has 0 fully saturated rings. The average molecular weight is 345 g/mol. The number of thiocarbonyl (C=S) groups is 1. The maximum atomic E-state index is 12.1. The van der Waals surface area contributed by atoms with Gasteiger partial charge >= 0.3 is 6.03 Å². The molecule has 3 amide bonds. The van der Waals surface area contributed by atoms with Crippen molar-refractivity contribution in [3.05, 3.63) is 60.8 Å². The van der Waals surface area contributed by atoms with Crippen LogP contribution in [0.1, 0.15) is 5.56 Å². The molecule has 0 saturated heterocycles. The summed E-state index contributed by atoms with van der Waals surface area (Å²) in [5, 5.41) is 3.10. The van der Waals surface area contributed by atoms with Gasteiger partial charge in [-0.2, -0.15) is 0 Å². The van der Waals surface area contributed by atoms with Crippen LogP contribution in [-0.4, -0.2) is 40.1 Å². The number of rotatable bonds is 4. The van der Waals surface area contributed by atoms with Gasteiger partial charge in [-0.1, -0.05) is 36.4 Å². The van der Waals surface area contributed by atoms with E-state index in [0.29, 0.717) is 13.1 Å². The Labute approximate surface area is 146 Å². The summed E-state index contributed by atoms with van der Waals surface area (Å²) in [4.78, 5) is 27.1. The molecular weight excluding hydrogens is 326 g/mol. The van der Waals surface area contributed by atoms with Crippen LogP contribution >= 0.6 is 12.2 Å². The minimum Gasteiger partial charge on any atom is -0.358 e. The number of carbonyl (C=O) groups is 2. The van der Waals surface area contributed by atoms with Crippen molar-refractivity contribution in [1.29, 1.82) is 0 Å². The average Bonchev–Trinajstić information content (AvgIpc) is 2.60. The molecule has 3 N–H and O–H groups in total. The van der Waals surface area contributed by atoms with Gasteiger partial charge < -0.3 is 10.2 Å². The molecule has 1 aliphatic heterocycles. The molecule has 1 aromatic rings. The second kappa shape index (κ2) is 8.68. The van der Waals surface area contributed by atoms with Crippen molar-refractivity contribution < 1.29 is 9.59 Å². The lowest BCUT2D eigenvalue weighted by atomic mass is 10.2. The molecule has 7 nitrogen and oxygen atoms in total. The van der Waals surface area contributed by atoms with E-state index in [4.69, 9.17) is 12.2 Å². The zero-order valence-electron chi connectivity index (χ0n) is 13.1. The first-order valence-corrected chi connectivity index (χ1v) is 7.73. The predicted molar refractivity (Wildman–Crippen MR) is 95.3 cm³/mol. The molecular formula is C16H19N5O2S. The predicted octanol–water partition coefficient (Wildman–Crippen LogP) is 1.08. The zero-order chi connectivity index (χ0) is 17.4. The summed E-state index contributed by atoms with van der Waals surface area (Å²) in [5.41, 5.74) is 6.05. The fraction of sp³-hybridized carbons (Fsp3) is 0.188. The van der Waals surface area contributed by atoms with Crippen molar-refractivity contribution >= 4 is 29.3 Å². The second-order valence-electron chi connectivity index (χ2n) is 5.00. The fourth-order valence-electron chi connectivity index (χ4n) is 2.01. The van der Waals surface area contributed by atoms with E-state index in [2.05, 4.69) is 22.7 Å². The van der Waals surface area contributed by atoms with E-state index in [9.17, 15) is 9.59 Å². The van der Waals surface area contributed by atoms with E-state index in [1.165, 1.54) is 17.2 Å². The van der Waals surface area contributed by atoms with Crippen molar-refractivity contribution in [3.8, 4) is 0 Å². The molecule has 0 radical (unpaired) electrons. The van der Waals surface area contributed by atoms with Crippen LogP contribution in [-0.2, 0) is 11.3 Å². The van der Waals surface area contributed by atoms with Crippen LogP contribution in [0.2, 0.25) is 0 Å². The fourth-order valence-corrected chi connectivity index (χ4v) is 2.15. The Morgan fingerprint density at radius 3 is 2.75 bits per heavy atom. The molecule has 0 saturated carbocycles. The first-order valence-electron chi connectivity index (χ1n) is 7.32. The molecule has 1 heterocycles. The molecule has 8 heteroatoms. The quantitative estimate of drug-likeness (QED) is 0.432. The molecule has 126 valence electrons. The van der Waals surface area contributed by atoms with Crippen LogP contribution in [0.15, 0.2) is 55.3 Å². The van der Waals surface area contributed by atoms with Gasteiger partial charge in [-0.25, -0.2) is 10.2 Å². The molecule has 0 bridgehead atoms. The topological polar surface area (TPSA) is 76.7 Å². The molecule has 24 heavy (non-hydrogen) atoms. The number of carbonyl (C=O) groups excluding carboxylic acids is 2. The van der Waals surface area contributed by atoms with Crippen LogP contribution in [0.3, 0.4) is 0 Å². The van der Waals surface area contributed by atoms with Gasteiger partial charge in [-0.15, -0.1) is 6.58 Å². The highest BCUT2D eigenvalue weighted by Crippen LogP contribution is 2.10. The van der Waals surface area contributed by atoms with E-state index in [-0.39, 0.29) is 17.7 Å². The van der Waals surface area contributed by atoms with Crippen LogP contribution in [0.25, 0.3) is 0 Å². The van der Waals surface area contributed by atoms with Crippen LogP contribution in [0.4, 0.5) is 4.79 Å². The Morgan fingerprint density at radius 2 is 2.04 bits per heavy atom. The van der Waals surface area contributed by atoms with Crippen molar-refractivity contribution in [3.63, 3.8) is 0 Å².